The molecule has 0 aliphatic heterocycles. The number of methoxy groups -OCH3 is 1. The van der Waals surface area contributed by atoms with E-state index >= 15 is 0 Å². The molecule has 0 amide bonds. The van der Waals surface area contributed by atoms with Gasteiger partial charge in [0.05, 0.1) is 19.1 Å². The van der Waals surface area contributed by atoms with E-state index < -0.39 is 5.41 Å². The van der Waals surface area contributed by atoms with Gasteiger partial charge < -0.3 is 4.74 Å². The van der Waals surface area contributed by atoms with Crippen molar-refractivity contribution in [1.29, 1.82) is 0 Å². The number of carbonyl (C=O) groups is 1. The van der Waals surface area contributed by atoms with E-state index in [-0.39, 0.29) is 12.5 Å². The Hall–Kier alpha value is -2.78. The highest BCUT2D eigenvalue weighted by Gasteiger charge is 2.31. The number of rotatable bonds is 5. The monoisotopic (exact) mass is 309 g/mol. The lowest BCUT2D eigenvalue weighted by molar-refractivity contribution is -0.146. The lowest BCUT2D eigenvalue weighted by Crippen LogP contribution is -2.30. The van der Waals surface area contributed by atoms with Gasteiger partial charge in [0, 0.05) is 4.91 Å². The van der Waals surface area contributed by atoms with Crippen LogP contribution >= 0.6 is 0 Å². The summed E-state index contributed by atoms with van der Waals surface area (Å²) in [5.41, 5.74) is 11.6. The summed E-state index contributed by atoms with van der Waals surface area (Å²) in [6, 6.07) is 15.6. The zero-order valence-electron chi connectivity index (χ0n) is 13.5. The number of esters is 1. The van der Waals surface area contributed by atoms with Crippen molar-refractivity contribution in [1.82, 2.24) is 0 Å². The third kappa shape index (κ3) is 3.52. The molecular formula is C18H19N3O2. The summed E-state index contributed by atoms with van der Waals surface area (Å²) in [7, 11) is 1.38. The molecule has 0 saturated heterocycles. The van der Waals surface area contributed by atoms with Crippen molar-refractivity contribution < 1.29 is 9.53 Å². The van der Waals surface area contributed by atoms with E-state index in [9.17, 15) is 4.79 Å². The molecule has 0 saturated carbocycles. The standard InChI is InChI=1S/C18H19N3O2/c1-18(2,17(22)23-3)15-9-10-16(13-7-5-4-6-8-13)14(11-15)12-20-21-19/h4-11H,12H2,1-3H3. The van der Waals surface area contributed by atoms with Gasteiger partial charge >= 0.3 is 5.97 Å². The summed E-state index contributed by atoms with van der Waals surface area (Å²) in [5, 5.41) is 3.68. The fourth-order valence-corrected chi connectivity index (χ4v) is 2.49. The number of hydrogen-bond acceptors (Lipinski definition) is 3. The summed E-state index contributed by atoms with van der Waals surface area (Å²) >= 11 is 0. The highest BCUT2D eigenvalue weighted by molar-refractivity contribution is 5.82. The van der Waals surface area contributed by atoms with Crippen LogP contribution in [0.2, 0.25) is 0 Å². The molecule has 0 fully saturated rings. The molecular weight excluding hydrogens is 290 g/mol. The van der Waals surface area contributed by atoms with Crippen molar-refractivity contribution in [2.45, 2.75) is 25.8 Å². The van der Waals surface area contributed by atoms with Crippen LogP contribution in [0.4, 0.5) is 0 Å². The second kappa shape index (κ2) is 6.99. The van der Waals surface area contributed by atoms with Gasteiger partial charge in [-0.3, -0.25) is 4.79 Å². The van der Waals surface area contributed by atoms with Crippen molar-refractivity contribution in [2.24, 2.45) is 5.11 Å². The van der Waals surface area contributed by atoms with Crippen LogP contribution in [0, 0.1) is 0 Å². The summed E-state index contributed by atoms with van der Waals surface area (Å²) in [6.45, 7) is 3.85. The van der Waals surface area contributed by atoms with E-state index in [1.165, 1.54) is 7.11 Å². The molecule has 0 spiro atoms. The molecule has 0 aliphatic carbocycles. The molecule has 0 radical (unpaired) electrons. The van der Waals surface area contributed by atoms with Gasteiger partial charge in [-0.25, -0.2) is 0 Å². The molecule has 0 atom stereocenters. The highest BCUT2D eigenvalue weighted by atomic mass is 16.5. The average Bonchev–Trinajstić information content (AvgIpc) is 2.59. The molecule has 0 aliphatic rings. The van der Waals surface area contributed by atoms with Gasteiger partial charge in [0.1, 0.15) is 0 Å². The van der Waals surface area contributed by atoms with E-state index in [0.29, 0.717) is 0 Å². The van der Waals surface area contributed by atoms with Crippen LogP contribution < -0.4 is 0 Å². The Bertz CT molecular complexity index is 748. The lowest BCUT2D eigenvalue weighted by atomic mass is 9.82. The molecule has 0 unspecified atom stereocenters. The first-order valence-electron chi connectivity index (χ1n) is 7.28. The van der Waals surface area contributed by atoms with Crippen molar-refractivity contribution in [2.75, 3.05) is 7.11 Å². The molecule has 5 nitrogen and oxygen atoms in total. The van der Waals surface area contributed by atoms with E-state index in [0.717, 1.165) is 22.3 Å². The average molecular weight is 309 g/mol. The topological polar surface area (TPSA) is 75.1 Å². The molecule has 2 rings (SSSR count). The minimum atomic E-state index is -0.769. The SMILES string of the molecule is COC(=O)C(C)(C)c1ccc(-c2ccccc2)c(CN=[N+]=[N-])c1. The molecule has 0 heterocycles. The first-order chi connectivity index (χ1) is 11.0. The first-order valence-corrected chi connectivity index (χ1v) is 7.28. The fourth-order valence-electron chi connectivity index (χ4n) is 2.49. The third-order valence-electron chi connectivity index (χ3n) is 3.91. The van der Waals surface area contributed by atoms with Gasteiger partial charge in [-0.1, -0.05) is 53.6 Å². The summed E-state index contributed by atoms with van der Waals surface area (Å²) in [5.74, 6) is -0.306. The van der Waals surface area contributed by atoms with Gasteiger partial charge in [0.15, 0.2) is 0 Å². The van der Waals surface area contributed by atoms with E-state index in [2.05, 4.69) is 10.0 Å². The Morgan fingerprint density at radius 3 is 2.52 bits per heavy atom. The maximum absolute atomic E-state index is 12.0. The predicted octanol–water partition coefficient (Wildman–Crippen LogP) is 4.61. The maximum Gasteiger partial charge on any atom is 0.315 e. The van der Waals surface area contributed by atoms with Crippen LogP contribution in [0.1, 0.15) is 25.0 Å². The van der Waals surface area contributed by atoms with Crippen molar-refractivity contribution in [3.8, 4) is 11.1 Å². The van der Waals surface area contributed by atoms with Gasteiger partial charge in [-0.2, -0.15) is 0 Å². The van der Waals surface area contributed by atoms with Crippen molar-refractivity contribution >= 4 is 5.97 Å². The summed E-state index contributed by atoms with van der Waals surface area (Å²) in [6.07, 6.45) is 0. The second-order valence-electron chi connectivity index (χ2n) is 5.74. The number of ether oxygens (including phenoxy) is 1. The van der Waals surface area contributed by atoms with E-state index in [1.54, 1.807) is 0 Å². The van der Waals surface area contributed by atoms with Crippen molar-refractivity contribution in [3.63, 3.8) is 0 Å². The Labute approximate surface area is 135 Å². The van der Waals surface area contributed by atoms with Crippen LogP contribution in [-0.4, -0.2) is 13.1 Å². The number of hydrogen-bond donors (Lipinski definition) is 0. The predicted molar refractivity (Wildman–Crippen MR) is 89.8 cm³/mol. The largest absolute Gasteiger partial charge is 0.468 e. The molecule has 0 aromatic heterocycles. The van der Waals surface area contributed by atoms with Gasteiger partial charge in [0.2, 0.25) is 0 Å². The highest BCUT2D eigenvalue weighted by Crippen LogP contribution is 2.31. The number of azide groups is 1. The molecule has 23 heavy (non-hydrogen) atoms. The normalized spacial score (nSPS) is 10.7. The van der Waals surface area contributed by atoms with Gasteiger partial charge in [0.25, 0.3) is 0 Å². The first kappa shape index (κ1) is 16.6. The van der Waals surface area contributed by atoms with Crippen molar-refractivity contribution in [3.05, 3.63) is 70.1 Å². The Balaban J connectivity index is 2.55. The van der Waals surface area contributed by atoms with Crippen LogP contribution in [0.5, 0.6) is 0 Å². The van der Waals surface area contributed by atoms with Crippen LogP contribution in [0.3, 0.4) is 0 Å². The van der Waals surface area contributed by atoms with Gasteiger partial charge in [-0.05, 0) is 41.6 Å². The minimum absolute atomic E-state index is 0.228. The lowest BCUT2D eigenvalue weighted by Gasteiger charge is -2.23. The molecule has 118 valence electrons. The molecule has 0 N–H and O–H groups in total. The summed E-state index contributed by atoms with van der Waals surface area (Å²) < 4.78 is 4.88. The smallest absolute Gasteiger partial charge is 0.315 e. The molecule has 0 bridgehead atoms. The molecule has 2 aromatic rings. The van der Waals surface area contributed by atoms with Crippen LogP contribution in [0.25, 0.3) is 21.6 Å². The molecule has 5 heteroatoms. The van der Waals surface area contributed by atoms with Crippen LogP contribution in [0.15, 0.2) is 53.6 Å². The van der Waals surface area contributed by atoms with E-state index in [4.69, 9.17) is 10.3 Å². The minimum Gasteiger partial charge on any atom is -0.468 e. The maximum atomic E-state index is 12.0. The Morgan fingerprint density at radius 1 is 1.22 bits per heavy atom. The van der Waals surface area contributed by atoms with E-state index in [1.807, 2.05) is 62.4 Å². The third-order valence-corrected chi connectivity index (χ3v) is 3.91. The molecule has 2 aromatic carbocycles. The zero-order chi connectivity index (χ0) is 16.9. The van der Waals surface area contributed by atoms with Gasteiger partial charge in [-0.15, -0.1) is 0 Å². The van der Waals surface area contributed by atoms with Crippen LogP contribution in [-0.2, 0) is 21.5 Å². The second-order valence-corrected chi connectivity index (χ2v) is 5.74. The zero-order valence-corrected chi connectivity index (χ0v) is 13.5. The number of carbonyl (C=O) groups excluding carboxylic acids is 1. The Kier molecular flexibility index (Phi) is 5.04. The number of nitrogens with zero attached hydrogens (tertiary/aromatic N) is 3. The fraction of sp³-hybridized carbons (Fsp3) is 0.278. The Morgan fingerprint density at radius 2 is 1.91 bits per heavy atom. The number of benzene rings is 2. The quantitative estimate of drug-likeness (QED) is 0.350. The summed E-state index contributed by atoms with van der Waals surface area (Å²) in [4.78, 5) is 14.9.